The standard InChI is InChI=1S/C31H51NO6/c1-16-14-18(25(27(5,6)36)37-17(2)33)38-23-22(16)28(7)12-13-30-15-29(30)11-10-21(34)26(3,4)19(29)8-9-20(30)31(28,32)24(23)35/h16,18-25,34-36H,8-15,32H2,1-7H3. The summed E-state index contributed by atoms with van der Waals surface area (Å²) in [5.74, 6) is 0.583. The van der Waals surface area contributed by atoms with E-state index in [9.17, 15) is 20.1 Å². The van der Waals surface area contributed by atoms with Crippen molar-refractivity contribution in [2.24, 2.45) is 51.1 Å². The monoisotopic (exact) mass is 533 g/mol. The molecule has 1 aliphatic heterocycles. The Morgan fingerprint density at radius 3 is 2.32 bits per heavy atom. The van der Waals surface area contributed by atoms with E-state index in [4.69, 9.17) is 15.2 Å². The van der Waals surface area contributed by atoms with Gasteiger partial charge in [0.25, 0.3) is 0 Å². The van der Waals surface area contributed by atoms with Gasteiger partial charge in [-0.3, -0.25) is 4.79 Å². The maximum absolute atomic E-state index is 12.2. The van der Waals surface area contributed by atoms with Gasteiger partial charge in [-0.15, -0.1) is 0 Å². The van der Waals surface area contributed by atoms with Gasteiger partial charge < -0.3 is 30.5 Å². The van der Waals surface area contributed by atoms with Gasteiger partial charge in [0.2, 0.25) is 0 Å². The van der Waals surface area contributed by atoms with Gasteiger partial charge in [-0.2, -0.15) is 0 Å². The van der Waals surface area contributed by atoms with E-state index >= 15 is 0 Å². The highest BCUT2D eigenvalue weighted by Crippen LogP contribution is 2.87. The molecule has 7 nitrogen and oxygen atoms in total. The molecule has 38 heavy (non-hydrogen) atoms. The zero-order chi connectivity index (χ0) is 27.8. The molecule has 0 aromatic rings. The minimum absolute atomic E-state index is 0.0921. The lowest BCUT2D eigenvalue weighted by Gasteiger charge is -2.63. The average molecular weight is 534 g/mol. The number of esters is 1. The summed E-state index contributed by atoms with van der Waals surface area (Å²) in [6, 6.07) is 0. The Bertz CT molecular complexity index is 1010. The topological polar surface area (TPSA) is 122 Å². The Morgan fingerprint density at radius 1 is 1.05 bits per heavy atom. The molecule has 1 heterocycles. The highest BCUT2D eigenvalue weighted by Gasteiger charge is 2.85. The Morgan fingerprint density at radius 2 is 1.68 bits per heavy atom. The van der Waals surface area contributed by atoms with Gasteiger partial charge in [0, 0.05) is 6.92 Å². The van der Waals surface area contributed by atoms with E-state index in [0.29, 0.717) is 12.3 Å². The number of hydrogen-bond acceptors (Lipinski definition) is 7. The molecule has 6 fully saturated rings. The largest absolute Gasteiger partial charge is 0.457 e. The fourth-order valence-corrected chi connectivity index (χ4v) is 12.0. The molecular weight excluding hydrogens is 482 g/mol. The summed E-state index contributed by atoms with van der Waals surface area (Å²) < 4.78 is 12.3. The zero-order valence-corrected chi connectivity index (χ0v) is 24.5. The lowest BCUT2D eigenvalue weighted by Crippen LogP contribution is -2.70. The third-order valence-electron chi connectivity index (χ3n) is 13.6. The van der Waals surface area contributed by atoms with E-state index in [2.05, 4.69) is 27.7 Å². The summed E-state index contributed by atoms with van der Waals surface area (Å²) in [4.78, 5) is 11.9. The van der Waals surface area contributed by atoms with Crippen LogP contribution in [-0.4, -0.2) is 62.9 Å². The highest BCUT2D eigenvalue weighted by atomic mass is 16.6. The van der Waals surface area contributed by atoms with Crippen molar-refractivity contribution in [1.29, 1.82) is 0 Å². The van der Waals surface area contributed by atoms with Crippen LogP contribution in [0, 0.1) is 45.3 Å². The first-order valence-corrected chi connectivity index (χ1v) is 15.2. The van der Waals surface area contributed by atoms with E-state index in [1.54, 1.807) is 13.8 Å². The lowest BCUT2D eigenvalue weighted by atomic mass is 9.43. The smallest absolute Gasteiger partial charge is 0.303 e. The lowest BCUT2D eigenvalue weighted by molar-refractivity contribution is -0.216. The van der Waals surface area contributed by atoms with E-state index in [1.807, 2.05) is 0 Å². The molecule has 7 heteroatoms. The maximum atomic E-state index is 12.2. The van der Waals surface area contributed by atoms with Crippen LogP contribution < -0.4 is 5.73 Å². The molecule has 216 valence electrons. The number of carbonyl (C=O) groups excluding carboxylic acids is 1. The molecule has 13 atom stereocenters. The van der Waals surface area contributed by atoms with Crippen LogP contribution in [0.25, 0.3) is 0 Å². The number of carbonyl (C=O) groups is 1. The first-order chi connectivity index (χ1) is 17.5. The first kappa shape index (κ1) is 27.4. The second kappa shape index (κ2) is 7.96. The fraction of sp³-hybridized carbons (Fsp3) is 0.968. The molecule has 13 unspecified atom stereocenters. The Balaban J connectivity index is 1.35. The molecule has 0 aromatic carbocycles. The van der Waals surface area contributed by atoms with E-state index in [-0.39, 0.29) is 45.5 Å². The van der Waals surface area contributed by atoms with Crippen molar-refractivity contribution in [3.63, 3.8) is 0 Å². The SMILES string of the molecule is CC(=O)OC(C1CC(C)C2C(O1)C(O)C1(N)C3CCC4C(C)(C)C(O)CCC45CC35CCC21C)C(C)(C)O. The van der Waals surface area contributed by atoms with Crippen LogP contribution in [0.5, 0.6) is 0 Å². The van der Waals surface area contributed by atoms with Crippen LogP contribution in [0.1, 0.15) is 99.8 Å². The Hall–Kier alpha value is -0.730. The van der Waals surface area contributed by atoms with Crippen LogP contribution in [0.2, 0.25) is 0 Å². The molecule has 1 saturated heterocycles. The summed E-state index contributed by atoms with van der Waals surface area (Å²) in [5, 5.41) is 34.0. The predicted octanol–water partition coefficient (Wildman–Crippen LogP) is 3.55. The molecular formula is C31H51NO6. The van der Waals surface area contributed by atoms with Gasteiger partial charge in [0.15, 0.2) is 6.10 Å². The second-order valence-corrected chi connectivity index (χ2v) is 15.9. The van der Waals surface area contributed by atoms with Crippen molar-refractivity contribution < 1.29 is 29.6 Å². The van der Waals surface area contributed by atoms with Gasteiger partial charge in [-0.05, 0) is 111 Å². The van der Waals surface area contributed by atoms with Crippen molar-refractivity contribution in [3.8, 4) is 0 Å². The molecule has 0 radical (unpaired) electrons. The summed E-state index contributed by atoms with van der Waals surface area (Å²) in [6.45, 7) is 13.7. The van der Waals surface area contributed by atoms with E-state index in [0.717, 1.165) is 38.5 Å². The summed E-state index contributed by atoms with van der Waals surface area (Å²) in [5.41, 5.74) is 5.61. The molecule has 6 aliphatic rings. The fourth-order valence-electron chi connectivity index (χ4n) is 12.0. The molecule has 2 spiro atoms. The number of ether oxygens (including phenoxy) is 2. The minimum Gasteiger partial charge on any atom is -0.457 e. The van der Waals surface area contributed by atoms with Gasteiger partial charge in [0.1, 0.15) is 0 Å². The summed E-state index contributed by atoms with van der Waals surface area (Å²) >= 11 is 0. The molecule has 5 aliphatic carbocycles. The van der Waals surface area contributed by atoms with Crippen LogP contribution >= 0.6 is 0 Å². The van der Waals surface area contributed by atoms with Crippen LogP contribution in [-0.2, 0) is 14.3 Å². The summed E-state index contributed by atoms with van der Waals surface area (Å²) in [7, 11) is 0. The molecule has 0 amide bonds. The van der Waals surface area contributed by atoms with Crippen LogP contribution in [0.4, 0.5) is 0 Å². The second-order valence-electron chi connectivity index (χ2n) is 15.9. The third kappa shape index (κ3) is 3.12. The van der Waals surface area contributed by atoms with Crippen molar-refractivity contribution in [3.05, 3.63) is 0 Å². The molecule has 6 rings (SSSR count). The quantitative estimate of drug-likeness (QED) is 0.409. The first-order valence-electron chi connectivity index (χ1n) is 15.2. The molecule has 5 saturated carbocycles. The molecule has 0 aromatic heterocycles. The average Bonchev–Trinajstić information content (AvgIpc) is 3.44. The molecule has 5 N–H and O–H groups in total. The van der Waals surface area contributed by atoms with Crippen LogP contribution in [0.15, 0.2) is 0 Å². The van der Waals surface area contributed by atoms with Crippen molar-refractivity contribution in [1.82, 2.24) is 0 Å². The number of aliphatic hydroxyl groups excluding tert-OH is 2. The van der Waals surface area contributed by atoms with Crippen molar-refractivity contribution in [2.45, 2.75) is 141 Å². The predicted molar refractivity (Wildman–Crippen MR) is 143 cm³/mol. The summed E-state index contributed by atoms with van der Waals surface area (Å²) in [6.07, 6.45) is 5.07. The third-order valence-corrected chi connectivity index (χ3v) is 13.6. The van der Waals surface area contributed by atoms with Gasteiger partial charge >= 0.3 is 5.97 Å². The highest BCUT2D eigenvalue weighted by molar-refractivity contribution is 5.66. The number of nitrogens with two attached hydrogens (primary N) is 1. The van der Waals surface area contributed by atoms with E-state index < -0.39 is 41.5 Å². The molecule has 0 bridgehead atoms. The van der Waals surface area contributed by atoms with Gasteiger partial charge in [-0.1, -0.05) is 27.7 Å². The van der Waals surface area contributed by atoms with E-state index in [1.165, 1.54) is 13.3 Å². The number of fused-ring (bicyclic) bond motifs is 4. The van der Waals surface area contributed by atoms with Crippen LogP contribution in [0.3, 0.4) is 0 Å². The van der Waals surface area contributed by atoms with Gasteiger partial charge in [-0.25, -0.2) is 0 Å². The Kier molecular flexibility index (Phi) is 5.75. The normalized spacial score (nSPS) is 55.4. The number of rotatable bonds is 3. The van der Waals surface area contributed by atoms with Gasteiger partial charge in [0.05, 0.1) is 35.6 Å². The number of aliphatic hydroxyl groups is 3. The number of hydrogen-bond donors (Lipinski definition) is 4. The zero-order valence-electron chi connectivity index (χ0n) is 24.5. The Labute approximate surface area is 228 Å². The van der Waals surface area contributed by atoms with Crippen molar-refractivity contribution >= 4 is 5.97 Å². The maximum Gasteiger partial charge on any atom is 0.303 e. The minimum atomic E-state index is -1.27. The van der Waals surface area contributed by atoms with Crippen molar-refractivity contribution in [2.75, 3.05) is 0 Å².